The van der Waals surface area contributed by atoms with Crippen LogP contribution in [0.25, 0.3) is 0 Å². The van der Waals surface area contributed by atoms with Gasteiger partial charge in [0, 0.05) is 10.4 Å². The first kappa shape index (κ1) is 15.7. The monoisotopic (exact) mass is 327 g/mol. The predicted molar refractivity (Wildman–Crippen MR) is 76.7 cm³/mol. The summed E-state index contributed by atoms with van der Waals surface area (Å²) >= 11 is 3.35. The lowest BCUT2D eigenvalue weighted by Crippen LogP contribution is -2.36. The maximum Gasteiger partial charge on any atom is 0.307 e. The van der Waals surface area contributed by atoms with Crippen LogP contribution >= 0.6 is 15.9 Å². The minimum absolute atomic E-state index is 0.149. The third kappa shape index (κ3) is 4.35. The smallest absolute Gasteiger partial charge is 0.307 e. The summed E-state index contributed by atoms with van der Waals surface area (Å²) in [6.07, 6.45) is 0. The molecular weight excluding hydrogens is 310 g/mol. The Bertz CT molecular complexity index is 458. The molecule has 0 aliphatic carbocycles. The molecule has 1 aromatic rings. The second-order valence-electron chi connectivity index (χ2n) is 4.70. The Morgan fingerprint density at radius 3 is 2.11 bits per heavy atom. The molecule has 0 fully saturated rings. The van der Waals surface area contributed by atoms with E-state index in [4.69, 9.17) is 5.11 Å². The van der Waals surface area contributed by atoms with Crippen LogP contribution in [0, 0.1) is 11.8 Å². The van der Waals surface area contributed by atoms with Crippen LogP contribution in [0.15, 0.2) is 28.7 Å². The van der Waals surface area contributed by atoms with Crippen LogP contribution in [-0.4, -0.2) is 17.0 Å². The molecule has 3 atom stereocenters. The second kappa shape index (κ2) is 6.70. The summed E-state index contributed by atoms with van der Waals surface area (Å²) in [6.45, 7) is 5.04. The number of aliphatic carboxylic acids is 1. The molecule has 4 nitrogen and oxygen atoms in total. The minimum atomic E-state index is -0.959. The largest absolute Gasteiger partial charge is 0.481 e. The highest BCUT2D eigenvalue weighted by molar-refractivity contribution is 9.10. The molecule has 1 rings (SSSR count). The van der Waals surface area contributed by atoms with Gasteiger partial charge in [-0.2, -0.15) is 0 Å². The minimum Gasteiger partial charge on any atom is -0.481 e. The highest BCUT2D eigenvalue weighted by atomic mass is 79.9. The molecule has 104 valence electrons. The van der Waals surface area contributed by atoms with Crippen molar-refractivity contribution in [2.24, 2.45) is 11.8 Å². The predicted octanol–water partition coefficient (Wildman–Crippen LogP) is 2.98. The number of halogens is 1. The Kier molecular flexibility index (Phi) is 5.54. The van der Waals surface area contributed by atoms with Gasteiger partial charge in [-0.1, -0.05) is 41.9 Å². The number of carboxylic acid groups (broad SMARTS) is 1. The van der Waals surface area contributed by atoms with E-state index in [0.717, 1.165) is 10.0 Å². The van der Waals surface area contributed by atoms with Crippen LogP contribution in [0.3, 0.4) is 0 Å². The first-order chi connectivity index (χ1) is 8.82. The van der Waals surface area contributed by atoms with Crippen LogP contribution in [-0.2, 0) is 9.59 Å². The molecule has 0 heterocycles. The van der Waals surface area contributed by atoms with Crippen molar-refractivity contribution in [3.05, 3.63) is 34.3 Å². The van der Waals surface area contributed by atoms with Gasteiger partial charge in [-0.15, -0.1) is 0 Å². The highest BCUT2D eigenvalue weighted by Crippen LogP contribution is 2.18. The van der Waals surface area contributed by atoms with E-state index in [1.807, 2.05) is 31.2 Å². The number of carbonyl (C=O) groups excluding carboxylic acids is 1. The van der Waals surface area contributed by atoms with Gasteiger partial charge < -0.3 is 10.4 Å². The summed E-state index contributed by atoms with van der Waals surface area (Å²) in [7, 11) is 0. The van der Waals surface area contributed by atoms with Gasteiger partial charge in [-0.05, 0) is 24.6 Å². The quantitative estimate of drug-likeness (QED) is 0.873. The number of carboxylic acids is 1. The van der Waals surface area contributed by atoms with E-state index in [1.54, 1.807) is 6.92 Å². The third-order valence-electron chi connectivity index (χ3n) is 3.28. The van der Waals surface area contributed by atoms with Crippen LogP contribution < -0.4 is 5.32 Å². The van der Waals surface area contributed by atoms with Gasteiger partial charge in [0.25, 0.3) is 0 Å². The average Bonchev–Trinajstić information content (AvgIpc) is 2.37. The lowest BCUT2D eigenvalue weighted by atomic mass is 9.94. The maximum absolute atomic E-state index is 12.0. The Labute approximate surface area is 121 Å². The van der Waals surface area contributed by atoms with E-state index in [1.165, 1.54) is 6.92 Å². The zero-order valence-corrected chi connectivity index (χ0v) is 12.8. The molecule has 0 radical (unpaired) electrons. The van der Waals surface area contributed by atoms with E-state index in [0.29, 0.717) is 0 Å². The van der Waals surface area contributed by atoms with Crippen molar-refractivity contribution in [1.82, 2.24) is 5.32 Å². The first-order valence-corrected chi connectivity index (χ1v) is 6.91. The average molecular weight is 328 g/mol. The first-order valence-electron chi connectivity index (χ1n) is 6.11. The summed E-state index contributed by atoms with van der Waals surface area (Å²) in [6, 6.07) is 7.49. The van der Waals surface area contributed by atoms with Crippen molar-refractivity contribution in [1.29, 1.82) is 0 Å². The molecule has 0 spiro atoms. The van der Waals surface area contributed by atoms with E-state index in [2.05, 4.69) is 21.2 Å². The topological polar surface area (TPSA) is 66.4 Å². The van der Waals surface area contributed by atoms with Gasteiger partial charge >= 0.3 is 5.97 Å². The van der Waals surface area contributed by atoms with Crippen molar-refractivity contribution in [2.45, 2.75) is 26.8 Å². The van der Waals surface area contributed by atoms with Gasteiger partial charge in [-0.3, -0.25) is 9.59 Å². The van der Waals surface area contributed by atoms with Gasteiger partial charge in [0.05, 0.1) is 12.0 Å². The van der Waals surface area contributed by atoms with E-state index in [-0.39, 0.29) is 11.9 Å². The van der Waals surface area contributed by atoms with Crippen molar-refractivity contribution in [3.8, 4) is 0 Å². The standard InChI is InChI=1S/C14H18BrNO3/c1-8(9(2)14(18)19)13(17)16-10(3)11-4-6-12(15)7-5-11/h4-10H,1-3H3,(H,16,17)(H,18,19)/t8?,9?,10-/m1/s1. The van der Waals surface area contributed by atoms with E-state index in [9.17, 15) is 9.59 Å². The molecule has 5 heteroatoms. The number of rotatable bonds is 5. The van der Waals surface area contributed by atoms with E-state index < -0.39 is 17.8 Å². The van der Waals surface area contributed by atoms with Crippen LogP contribution in [0.2, 0.25) is 0 Å². The summed E-state index contributed by atoms with van der Waals surface area (Å²) in [5.41, 5.74) is 0.978. The van der Waals surface area contributed by atoms with Crippen molar-refractivity contribution < 1.29 is 14.7 Å². The number of benzene rings is 1. The third-order valence-corrected chi connectivity index (χ3v) is 3.81. The molecule has 19 heavy (non-hydrogen) atoms. The summed E-state index contributed by atoms with van der Waals surface area (Å²) in [5.74, 6) is -2.46. The molecule has 0 saturated carbocycles. The fraction of sp³-hybridized carbons (Fsp3) is 0.429. The number of carbonyl (C=O) groups is 2. The van der Waals surface area contributed by atoms with E-state index >= 15 is 0 Å². The summed E-state index contributed by atoms with van der Waals surface area (Å²) in [4.78, 5) is 22.8. The zero-order chi connectivity index (χ0) is 14.6. The normalized spacial score (nSPS) is 15.4. The van der Waals surface area contributed by atoms with Crippen LogP contribution in [0.5, 0.6) is 0 Å². The molecule has 1 amide bonds. The molecular formula is C14H18BrNO3. The SMILES string of the molecule is CC(C(=O)O)C(C)C(=O)N[C@H](C)c1ccc(Br)cc1. The number of nitrogens with one attached hydrogen (secondary N) is 1. The summed E-state index contributed by atoms with van der Waals surface area (Å²) in [5, 5.41) is 11.7. The molecule has 0 aliphatic heterocycles. The lowest BCUT2D eigenvalue weighted by molar-refractivity contribution is -0.146. The number of hydrogen-bond acceptors (Lipinski definition) is 2. The summed E-state index contributed by atoms with van der Waals surface area (Å²) < 4.78 is 0.975. The lowest BCUT2D eigenvalue weighted by Gasteiger charge is -2.20. The van der Waals surface area contributed by atoms with Crippen LogP contribution in [0.4, 0.5) is 0 Å². The molecule has 2 N–H and O–H groups in total. The zero-order valence-electron chi connectivity index (χ0n) is 11.2. The molecule has 0 aliphatic rings. The molecule has 0 bridgehead atoms. The Morgan fingerprint density at radius 2 is 1.63 bits per heavy atom. The second-order valence-corrected chi connectivity index (χ2v) is 5.61. The van der Waals surface area contributed by atoms with Gasteiger partial charge in [-0.25, -0.2) is 0 Å². The molecule has 1 aromatic carbocycles. The van der Waals surface area contributed by atoms with Gasteiger partial charge in [0.1, 0.15) is 0 Å². The Balaban J connectivity index is 2.66. The van der Waals surface area contributed by atoms with Crippen LogP contribution in [0.1, 0.15) is 32.4 Å². The van der Waals surface area contributed by atoms with Crippen molar-refractivity contribution in [2.75, 3.05) is 0 Å². The molecule has 2 unspecified atom stereocenters. The number of hydrogen-bond donors (Lipinski definition) is 2. The highest BCUT2D eigenvalue weighted by Gasteiger charge is 2.26. The molecule has 0 aromatic heterocycles. The Morgan fingerprint density at radius 1 is 1.11 bits per heavy atom. The van der Waals surface area contributed by atoms with Gasteiger partial charge in [0.15, 0.2) is 0 Å². The fourth-order valence-corrected chi connectivity index (χ4v) is 1.88. The van der Waals surface area contributed by atoms with Gasteiger partial charge in [0.2, 0.25) is 5.91 Å². The molecule has 0 saturated heterocycles. The van der Waals surface area contributed by atoms with Crippen molar-refractivity contribution >= 4 is 27.8 Å². The maximum atomic E-state index is 12.0. The van der Waals surface area contributed by atoms with Crippen molar-refractivity contribution in [3.63, 3.8) is 0 Å². The number of amides is 1. The fourth-order valence-electron chi connectivity index (χ4n) is 1.62. The Hall–Kier alpha value is -1.36.